The van der Waals surface area contributed by atoms with Crippen LogP contribution in [0.5, 0.6) is 0 Å². The lowest BCUT2D eigenvalue weighted by Crippen LogP contribution is -2.30. The fraction of sp³-hybridized carbons (Fsp3) is 0. The van der Waals surface area contributed by atoms with Gasteiger partial charge in [0.25, 0.3) is 5.69 Å². The van der Waals surface area contributed by atoms with E-state index in [2.05, 4.69) is 0 Å². The van der Waals surface area contributed by atoms with Crippen LogP contribution in [0, 0.1) is 10.1 Å². The van der Waals surface area contributed by atoms with Crippen molar-refractivity contribution in [3.05, 3.63) is 46.5 Å². The van der Waals surface area contributed by atoms with E-state index in [4.69, 9.17) is 10.0 Å². The molecule has 0 atom stereocenters. The molecule has 0 spiro atoms. The molecule has 0 unspecified atom stereocenters. The minimum atomic E-state index is -1.63. The third kappa shape index (κ3) is 1.64. The molecule has 0 heterocycles. The van der Waals surface area contributed by atoms with Crippen LogP contribution >= 0.6 is 0 Å². The monoisotopic (exact) mass is 217 g/mol. The molecule has 2 aromatic rings. The SMILES string of the molecule is O=[N+]([O-])c1cccc2c(B(O)O)cccc12. The quantitative estimate of drug-likeness (QED) is 0.434. The van der Waals surface area contributed by atoms with Gasteiger partial charge in [-0.25, -0.2) is 0 Å². The van der Waals surface area contributed by atoms with Crippen LogP contribution in [0.1, 0.15) is 0 Å². The van der Waals surface area contributed by atoms with Crippen molar-refractivity contribution in [1.29, 1.82) is 0 Å². The number of non-ortho nitro benzene ring substituents is 1. The summed E-state index contributed by atoms with van der Waals surface area (Å²) in [4.78, 5) is 10.3. The molecule has 0 aliphatic carbocycles. The third-order valence-electron chi connectivity index (χ3n) is 2.41. The minimum Gasteiger partial charge on any atom is -0.423 e. The van der Waals surface area contributed by atoms with Gasteiger partial charge in [0.05, 0.1) is 10.3 Å². The molecular formula is C10H8BNO4. The standard InChI is InChI=1S/C10H8BNO4/c13-11(14)9-5-1-4-8-7(9)3-2-6-10(8)12(15)16/h1-6,13-14H. The number of hydrogen-bond donors (Lipinski definition) is 2. The van der Waals surface area contributed by atoms with Crippen molar-refractivity contribution in [2.75, 3.05) is 0 Å². The van der Waals surface area contributed by atoms with E-state index in [1.807, 2.05) is 0 Å². The summed E-state index contributed by atoms with van der Waals surface area (Å²) in [5.41, 5.74) is 0.223. The maximum atomic E-state index is 10.8. The second-order valence-electron chi connectivity index (χ2n) is 3.35. The summed E-state index contributed by atoms with van der Waals surface area (Å²) in [6.07, 6.45) is 0. The normalized spacial score (nSPS) is 10.4. The number of nitrogens with zero attached hydrogens (tertiary/aromatic N) is 1. The van der Waals surface area contributed by atoms with Crippen LogP contribution in [0.15, 0.2) is 36.4 Å². The van der Waals surface area contributed by atoms with E-state index < -0.39 is 12.0 Å². The highest BCUT2D eigenvalue weighted by Crippen LogP contribution is 2.23. The third-order valence-corrected chi connectivity index (χ3v) is 2.41. The highest BCUT2D eigenvalue weighted by atomic mass is 16.6. The highest BCUT2D eigenvalue weighted by molar-refractivity contribution is 6.62. The van der Waals surface area contributed by atoms with E-state index in [0.29, 0.717) is 10.8 Å². The molecule has 0 saturated carbocycles. The van der Waals surface area contributed by atoms with Gasteiger partial charge in [-0.1, -0.05) is 24.3 Å². The average molecular weight is 217 g/mol. The van der Waals surface area contributed by atoms with Gasteiger partial charge in [-0.3, -0.25) is 10.1 Å². The van der Waals surface area contributed by atoms with Crippen molar-refractivity contribution in [2.24, 2.45) is 0 Å². The van der Waals surface area contributed by atoms with Gasteiger partial charge < -0.3 is 10.0 Å². The molecule has 5 nitrogen and oxygen atoms in total. The summed E-state index contributed by atoms with van der Waals surface area (Å²) in [5, 5.41) is 29.9. The van der Waals surface area contributed by atoms with Crippen molar-refractivity contribution in [1.82, 2.24) is 0 Å². The van der Waals surface area contributed by atoms with Crippen molar-refractivity contribution in [3.63, 3.8) is 0 Å². The van der Waals surface area contributed by atoms with Gasteiger partial charge in [-0.05, 0) is 16.9 Å². The number of hydrogen-bond acceptors (Lipinski definition) is 4. The number of nitro benzene ring substituents is 1. The fourth-order valence-corrected chi connectivity index (χ4v) is 1.70. The first-order chi connectivity index (χ1) is 7.61. The largest absolute Gasteiger partial charge is 0.489 e. The summed E-state index contributed by atoms with van der Waals surface area (Å²) in [5.74, 6) is 0. The first-order valence-corrected chi connectivity index (χ1v) is 4.63. The zero-order valence-corrected chi connectivity index (χ0v) is 8.20. The molecular weight excluding hydrogens is 209 g/mol. The molecule has 0 aromatic heterocycles. The molecule has 2 aromatic carbocycles. The molecule has 0 bridgehead atoms. The molecule has 16 heavy (non-hydrogen) atoms. The molecule has 0 saturated heterocycles. The van der Waals surface area contributed by atoms with Gasteiger partial charge in [0.2, 0.25) is 0 Å². The molecule has 0 amide bonds. The van der Waals surface area contributed by atoms with Crippen LogP contribution in [0.25, 0.3) is 10.8 Å². The lowest BCUT2D eigenvalue weighted by Gasteiger charge is -2.05. The summed E-state index contributed by atoms with van der Waals surface area (Å²) < 4.78 is 0. The summed E-state index contributed by atoms with van der Waals surface area (Å²) >= 11 is 0. The van der Waals surface area contributed by atoms with E-state index in [1.54, 1.807) is 18.2 Å². The van der Waals surface area contributed by atoms with Crippen LogP contribution in [0.2, 0.25) is 0 Å². The highest BCUT2D eigenvalue weighted by Gasteiger charge is 2.18. The number of benzene rings is 2. The van der Waals surface area contributed by atoms with Gasteiger partial charge in [0, 0.05) is 6.07 Å². The minimum absolute atomic E-state index is 0.0417. The Bertz CT molecular complexity index is 556. The van der Waals surface area contributed by atoms with Crippen LogP contribution in [0.3, 0.4) is 0 Å². The molecule has 2 rings (SSSR count). The average Bonchev–Trinajstić information content (AvgIpc) is 2.27. The molecule has 6 heteroatoms. The van der Waals surface area contributed by atoms with Gasteiger partial charge in [-0.2, -0.15) is 0 Å². The molecule has 0 fully saturated rings. The fourth-order valence-electron chi connectivity index (χ4n) is 1.70. The summed E-state index contributed by atoms with van der Waals surface area (Å²) in [7, 11) is -1.63. The molecule has 0 radical (unpaired) electrons. The van der Waals surface area contributed by atoms with Crippen molar-refractivity contribution in [3.8, 4) is 0 Å². The van der Waals surface area contributed by atoms with Gasteiger partial charge >= 0.3 is 7.12 Å². The lowest BCUT2D eigenvalue weighted by atomic mass is 9.77. The van der Waals surface area contributed by atoms with E-state index >= 15 is 0 Å². The first kappa shape index (κ1) is 10.6. The van der Waals surface area contributed by atoms with Crippen molar-refractivity contribution in [2.45, 2.75) is 0 Å². The Morgan fingerprint density at radius 2 is 1.69 bits per heavy atom. The van der Waals surface area contributed by atoms with Crippen LogP contribution in [-0.2, 0) is 0 Å². The molecule has 0 aliphatic heterocycles. The Kier molecular flexibility index (Phi) is 2.60. The maximum Gasteiger partial charge on any atom is 0.489 e. The Morgan fingerprint density at radius 3 is 2.31 bits per heavy atom. The van der Waals surface area contributed by atoms with Gasteiger partial charge in [-0.15, -0.1) is 0 Å². The smallest absolute Gasteiger partial charge is 0.423 e. The van der Waals surface area contributed by atoms with Crippen molar-refractivity contribution < 1.29 is 15.0 Å². The Balaban J connectivity index is 2.81. The predicted molar refractivity (Wildman–Crippen MR) is 60.4 cm³/mol. The second kappa shape index (κ2) is 3.92. The topological polar surface area (TPSA) is 83.6 Å². The van der Waals surface area contributed by atoms with E-state index in [-0.39, 0.29) is 11.2 Å². The number of fused-ring (bicyclic) bond motifs is 1. The Hall–Kier alpha value is -1.92. The zero-order chi connectivity index (χ0) is 11.7. The van der Waals surface area contributed by atoms with Crippen molar-refractivity contribution >= 4 is 29.0 Å². The summed E-state index contributed by atoms with van der Waals surface area (Å²) in [6, 6.07) is 9.19. The van der Waals surface area contributed by atoms with E-state index in [9.17, 15) is 10.1 Å². The van der Waals surface area contributed by atoms with E-state index in [0.717, 1.165) is 0 Å². The van der Waals surface area contributed by atoms with Crippen LogP contribution < -0.4 is 5.46 Å². The lowest BCUT2D eigenvalue weighted by molar-refractivity contribution is -0.383. The van der Waals surface area contributed by atoms with Gasteiger partial charge in [0.15, 0.2) is 0 Å². The molecule has 80 valence electrons. The number of rotatable bonds is 2. The Labute approximate surface area is 91.2 Å². The molecule has 0 aliphatic rings. The van der Waals surface area contributed by atoms with Crippen LogP contribution in [-0.4, -0.2) is 22.1 Å². The second-order valence-corrected chi connectivity index (χ2v) is 3.35. The van der Waals surface area contributed by atoms with Crippen LogP contribution in [0.4, 0.5) is 5.69 Å². The molecule has 2 N–H and O–H groups in total. The first-order valence-electron chi connectivity index (χ1n) is 4.63. The predicted octanol–water partition coefficient (Wildman–Crippen LogP) is 0.428. The van der Waals surface area contributed by atoms with E-state index in [1.165, 1.54) is 18.2 Å². The van der Waals surface area contributed by atoms with Gasteiger partial charge in [0.1, 0.15) is 0 Å². The zero-order valence-electron chi connectivity index (χ0n) is 8.20. The maximum absolute atomic E-state index is 10.8. The summed E-state index contributed by atoms with van der Waals surface area (Å²) in [6.45, 7) is 0. The Morgan fingerprint density at radius 1 is 1.06 bits per heavy atom. The number of nitro groups is 1.